The SMILES string of the molecule is CCOc1cc(C2C(=C(O)c3ccc4c(c3)CC(C)O4)C(=O)C(=O)N2CCCOC)ccc1O. The van der Waals surface area contributed by atoms with Crippen molar-refractivity contribution >= 4 is 17.4 Å². The number of fused-ring (bicyclic) bond motifs is 1. The van der Waals surface area contributed by atoms with E-state index in [2.05, 4.69) is 0 Å². The number of hydrogen-bond acceptors (Lipinski definition) is 7. The topological polar surface area (TPSA) is 106 Å². The molecule has 8 nitrogen and oxygen atoms in total. The number of carbonyl (C=O) groups excluding carboxylic acids is 2. The van der Waals surface area contributed by atoms with Crippen LogP contribution in [0, 0.1) is 0 Å². The van der Waals surface area contributed by atoms with Crippen molar-refractivity contribution < 1.29 is 34.0 Å². The van der Waals surface area contributed by atoms with Gasteiger partial charge in [-0.15, -0.1) is 0 Å². The number of benzene rings is 2. The number of aliphatic hydroxyl groups is 1. The lowest BCUT2D eigenvalue weighted by Gasteiger charge is -2.25. The molecule has 2 aliphatic heterocycles. The van der Waals surface area contributed by atoms with Crippen molar-refractivity contribution in [2.45, 2.75) is 38.8 Å². The molecule has 8 heteroatoms. The van der Waals surface area contributed by atoms with Gasteiger partial charge >= 0.3 is 0 Å². The minimum atomic E-state index is -0.833. The van der Waals surface area contributed by atoms with Crippen molar-refractivity contribution in [3.05, 3.63) is 58.7 Å². The Morgan fingerprint density at radius 3 is 2.74 bits per heavy atom. The third kappa shape index (κ3) is 4.33. The fourth-order valence-corrected chi connectivity index (χ4v) is 4.53. The summed E-state index contributed by atoms with van der Waals surface area (Å²) < 4.78 is 16.4. The number of phenols is 1. The summed E-state index contributed by atoms with van der Waals surface area (Å²) in [7, 11) is 1.57. The maximum atomic E-state index is 13.2. The first-order chi connectivity index (χ1) is 16.3. The van der Waals surface area contributed by atoms with Gasteiger partial charge in [0.25, 0.3) is 11.7 Å². The predicted molar refractivity (Wildman–Crippen MR) is 125 cm³/mol. The molecule has 0 aliphatic carbocycles. The van der Waals surface area contributed by atoms with Gasteiger partial charge in [0.05, 0.1) is 18.2 Å². The minimum absolute atomic E-state index is 0.00229. The number of phenolic OH excluding ortho intramolecular Hbond substituents is 1. The number of ketones is 1. The zero-order valence-corrected chi connectivity index (χ0v) is 19.5. The van der Waals surface area contributed by atoms with Crippen LogP contribution >= 0.6 is 0 Å². The molecule has 2 aromatic carbocycles. The fourth-order valence-electron chi connectivity index (χ4n) is 4.53. The molecule has 0 radical (unpaired) electrons. The molecule has 1 amide bonds. The van der Waals surface area contributed by atoms with Gasteiger partial charge in [0.15, 0.2) is 11.5 Å². The number of rotatable bonds is 8. The summed E-state index contributed by atoms with van der Waals surface area (Å²) >= 11 is 0. The number of carbonyl (C=O) groups is 2. The zero-order valence-electron chi connectivity index (χ0n) is 19.5. The normalized spacial score (nSPS) is 21.0. The van der Waals surface area contributed by atoms with Gasteiger partial charge in [0.2, 0.25) is 0 Å². The molecule has 2 unspecified atom stereocenters. The van der Waals surface area contributed by atoms with Gasteiger partial charge in [-0.25, -0.2) is 0 Å². The van der Waals surface area contributed by atoms with Crippen LogP contribution in [0.1, 0.15) is 43.0 Å². The van der Waals surface area contributed by atoms with Crippen molar-refractivity contribution in [2.24, 2.45) is 0 Å². The highest BCUT2D eigenvalue weighted by Crippen LogP contribution is 2.42. The summed E-state index contributed by atoms with van der Waals surface area (Å²) in [5.41, 5.74) is 1.94. The Morgan fingerprint density at radius 1 is 1.21 bits per heavy atom. The highest BCUT2D eigenvalue weighted by atomic mass is 16.5. The van der Waals surface area contributed by atoms with Crippen LogP contribution in [0.25, 0.3) is 5.76 Å². The van der Waals surface area contributed by atoms with E-state index in [-0.39, 0.29) is 35.5 Å². The van der Waals surface area contributed by atoms with Crippen molar-refractivity contribution in [1.29, 1.82) is 0 Å². The minimum Gasteiger partial charge on any atom is -0.507 e. The zero-order chi connectivity index (χ0) is 24.4. The molecule has 180 valence electrons. The molecule has 34 heavy (non-hydrogen) atoms. The second-order valence-corrected chi connectivity index (χ2v) is 8.45. The Labute approximate surface area is 198 Å². The van der Waals surface area contributed by atoms with Crippen LogP contribution in [0.5, 0.6) is 17.2 Å². The monoisotopic (exact) mass is 467 g/mol. The molecule has 0 saturated carbocycles. The molecule has 1 fully saturated rings. The smallest absolute Gasteiger partial charge is 0.295 e. The maximum Gasteiger partial charge on any atom is 0.295 e. The number of hydrogen-bond donors (Lipinski definition) is 2. The fraction of sp³-hybridized carbons (Fsp3) is 0.385. The average Bonchev–Trinajstić information content (AvgIpc) is 3.31. The Kier molecular flexibility index (Phi) is 6.79. The molecule has 0 aromatic heterocycles. The number of Topliss-reactive ketones (excluding diaryl/α,β-unsaturated/α-hetero) is 1. The van der Waals surface area contributed by atoms with Crippen LogP contribution in [-0.4, -0.2) is 59.8 Å². The van der Waals surface area contributed by atoms with E-state index in [1.54, 1.807) is 44.4 Å². The highest BCUT2D eigenvalue weighted by molar-refractivity contribution is 6.46. The molecule has 0 bridgehead atoms. The summed E-state index contributed by atoms with van der Waals surface area (Å²) in [5.74, 6) is -0.741. The van der Waals surface area contributed by atoms with E-state index in [0.29, 0.717) is 37.2 Å². The Bertz CT molecular complexity index is 1140. The van der Waals surface area contributed by atoms with E-state index in [1.165, 1.54) is 11.0 Å². The largest absolute Gasteiger partial charge is 0.507 e. The van der Waals surface area contributed by atoms with Crippen LogP contribution in [0.4, 0.5) is 0 Å². The molecule has 4 rings (SSSR count). The molecule has 0 spiro atoms. The standard InChI is InChI=1S/C26H29NO7/c1-4-33-21-14-16(6-8-19(21)28)23-22(25(30)26(31)27(23)10-5-11-32-3)24(29)17-7-9-20-18(13-17)12-15(2)34-20/h6-9,13-15,23,28-29H,4-5,10-12H2,1-3H3. The van der Waals surface area contributed by atoms with E-state index in [0.717, 1.165) is 11.3 Å². The summed E-state index contributed by atoms with van der Waals surface area (Å²) in [6.45, 7) is 4.77. The molecule has 2 N–H and O–H groups in total. The first-order valence-electron chi connectivity index (χ1n) is 11.4. The second kappa shape index (κ2) is 9.77. The number of likely N-dealkylation sites (tertiary alicyclic amines) is 1. The van der Waals surface area contributed by atoms with Crippen molar-refractivity contribution in [3.8, 4) is 17.2 Å². The molecule has 2 heterocycles. The maximum absolute atomic E-state index is 13.2. The Hall–Kier alpha value is -3.52. The van der Waals surface area contributed by atoms with Gasteiger partial charge in [0.1, 0.15) is 17.6 Å². The predicted octanol–water partition coefficient (Wildman–Crippen LogP) is 3.57. The van der Waals surface area contributed by atoms with Gasteiger partial charge in [-0.3, -0.25) is 9.59 Å². The van der Waals surface area contributed by atoms with E-state index >= 15 is 0 Å². The van der Waals surface area contributed by atoms with Gasteiger partial charge < -0.3 is 29.3 Å². The van der Waals surface area contributed by atoms with Gasteiger partial charge in [-0.05, 0) is 61.7 Å². The number of aliphatic hydroxyl groups excluding tert-OH is 1. The lowest BCUT2D eigenvalue weighted by molar-refractivity contribution is -0.140. The van der Waals surface area contributed by atoms with E-state index < -0.39 is 17.7 Å². The van der Waals surface area contributed by atoms with E-state index in [4.69, 9.17) is 14.2 Å². The van der Waals surface area contributed by atoms with E-state index in [9.17, 15) is 19.8 Å². The summed E-state index contributed by atoms with van der Waals surface area (Å²) in [5, 5.41) is 21.4. The highest BCUT2D eigenvalue weighted by Gasteiger charge is 2.46. The molecular formula is C26H29NO7. The van der Waals surface area contributed by atoms with Crippen LogP contribution in [-0.2, 0) is 20.7 Å². The van der Waals surface area contributed by atoms with Gasteiger partial charge in [-0.1, -0.05) is 6.07 Å². The Morgan fingerprint density at radius 2 is 2.00 bits per heavy atom. The lowest BCUT2D eigenvalue weighted by atomic mass is 9.94. The second-order valence-electron chi connectivity index (χ2n) is 8.45. The molecule has 1 saturated heterocycles. The molecule has 2 atom stereocenters. The van der Waals surface area contributed by atoms with E-state index in [1.807, 2.05) is 6.92 Å². The third-order valence-electron chi connectivity index (χ3n) is 6.06. The number of methoxy groups -OCH3 is 1. The molecule has 2 aromatic rings. The number of ether oxygens (including phenoxy) is 3. The van der Waals surface area contributed by atoms with Crippen LogP contribution < -0.4 is 9.47 Å². The third-order valence-corrected chi connectivity index (χ3v) is 6.06. The molecule has 2 aliphatic rings. The number of nitrogens with zero attached hydrogens (tertiary/aromatic N) is 1. The average molecular weight is 468 g/mol. The van der Waals surface area contributed by atoms with Crippen molar-refractivity contribution in [3.63, 3.8) is 0 Å². The van der Waals surface area contributed by atoms with Crippen LogP contribution in [0.2, 0.25) is 0 Å². The van der Waals surface area contributed by atoms with Crippen LogP contribution in [0.15, 0.2) is 42.0 Å². The van der Waals surface area contributed by atoms with Gasteiger partial charge in [-0.2, -0.15) is 0 Å². The van der Waals surface area contributed by atoms with Crippen molar-refractivity contribution in [1.82, 2.24) is 4.90 Å². The first kappa shape index (κ1) is 23.6. The first-order valence-corrected chi connectivity index (χ1v) is 11.4. The summed E-state index contributed by atoms with van der Waals surface area (Å²) in [6.07, 6.45) is 1.25. The Balaban J connectivity index is 1.82. The number of amides is 1. The summed E-state index contributed by atoms with van der Waals surface area (Å²) in [4.78, 5) is 27.6. The molecular weight excluding hydrogens is 438 g/mol. The number of aromatic hydroxyl groups is 1. The van der Waals surface area contributed by atoms with Gasteiger partial charge in [0, 0.05) is 32.2 Å². The van der Waals surface area contributed by atoms with Crippen molar-refractivity contribution in [2.75, 3.05) is 26.9 Å². The summed E-state index contributed by atoms with van der Waals surface area (Å²) in [6, 6.07) is 9.11. The lowest BCUT2D eigenvalue weighted by Crippen LogP contribution is -2.31. The van der Waals surface area contributed by atoms with Crippen LogP contribution in [0.3, 0.4) is 0 Å². The quantitative estimate of drug-likeness (QED) is 0.265.